The molecule has 2 amide bonds. The van der Waals surface area contributed by atoms with Gasteiger partial charge in [0.2, 0.25) is 5.91 Å². The van der Waals surface area contributed by atoms with E-state index in [1.54, 1.807) is 12.1 Å². The molecule has 10 nitrogen and oxygen atoms in total. The van der Waals surface area contributed by atoms with Crippen molar-refractivity contribution in [2.45, 2.75) is 25.4 Å². The summed E-state index contributed by atoms with van der Waals surface area (Å²) >= 11 is 0. The van der Waals surface area contributed by atoms with Gasteiger partial charge < -0.3 is 31.6 Å². The van der Waals surface area contributed by atoms with Crippen molar-refractivity contribution >= 4 is 29.3 Å². The average molecular weight is 436 g/mol. The van der Waals surface area contributed by atoms with Crippen LogP contribution in [-0.4, -0.2) is 63.5 Å². The standard InChI is InChI=1S/C20H29FN6O4/c21-16-11-14(3-4-17(16)26-6-8-30-9-7-26)27-12-15(31-20(27)29)10-13(18(22)28)2-1-5-25-19(23)24/h3-4,11,13,15H,1-2,5-10,12H2,(H2,22,28)(H4,23,24,25)/t13?,15-/m0/s1. The second-order valence-electron chi connectivity index (χ2n) is 7.64. The van der Waals surface area contributed by atoms with Gasteiger partial charge in [-0.1, -0.05) is 0 Å². The molecule has 0 bridgehead atoms. The first-order valence-corrected chi connectivity index (χ1v) is 10.3. The normalized spacial score (nSPS) is 19.8. The minimum absolute atomic E-state index is 0.0112. The molecule has 1 aromatic carbocycles. The zero-order valence-electron chi connectivity index (χ0n) is 17.3. The molecule has 0 spiro atoms. The number of cyclic esters (lactones) is 1. The van der Waals surface area contributed by atoms with Gasteiger partial charge in [-0.2, -0.15) is 0 Å². The monoisotopic (exact) mass is 436 g/mol. The Kier molecular flexibility index (Phi) is 7.50. The van der Waals surface area contributed by atoms with E-state index in [9.17, 15) is 14.0 Å². The van der Waals surface area contributed by atoms with E-state index in [-0.39, 0.29) is 18.9 Å². The lowest BCUT2D eigenvalue weighted by atomic mass is 9.95. The Hall–Kier alpha value is -3.08. The van der Waals surface area contributed by atoms with Gasteiger partial charge in [-0.15, -0.1) is 0 Å². The van der Waals surface area contributed by atoms with Crippen LogP contribution in [0.2, 0.25) is 0 Å². The van der Waals surface area contributed by atoms with Crippen molar-refractivity contribution < 1.29 is 23.5 Å². The summed E-state index contributed by atoms with van der Waals surface area (Å²) in [6.45, 7) is 2.93. The first kappa shape index (κ1) is 22.6. The topological polar surface area (TPSA) is 149 Å². The molecule has 0 aromatic heterocycles. The summed E-state index contributed by atoms with van der Waals surface area (Å²) in [5.41, 5.74) is 17.0. The van der Waals surface area contributed by atoms with Crippen LogP contribution in [0.3, 0.4) is 0 Å². The molecule has 0 aliphatic carbocycles. The summed E-state index contributed by atoms with van der Waals surface area (Å²) in [4.78, 5) is 31.3. The van der Waals surface area contributed by atoms with Crippen molar-refractivity contribution in [3.8, 4) is 0 Å². The van der Waals surface area contributed by atoms with Crippen molar-refractivity contribution in [3.63, 3.8) is 0 Å². The number of carbonyl (C=O) groups excluding carboxylic acids is 2. The number of rotatable bonds is 9. The zero-order valence-corrected chi connectivity index (χ0v) is 17.3. The van der Waals surface area contributed by atoms with Gasteiger partial charge >= 0.3 is 6.09 Å². The number of carbonyl (C=O) groups is 2. The maximum atomic E-state index is 14.7. The van der Waals surface area contributed by atoms with Crippen LogP contribution in [-0.2, 0) is 14.3 Å². The fourth-order valence-electron chi connectivity index (χ4n) is 3.82. The second kappa shape index (κ2) is 10.3. The van der Waals surface area contributed by atoms with E-state index in [0.29, 0.717) is 57.1 Å². The minimum Gasteiger partial charge on any atom is -0.444 e. The van der Waals surface area contributed by atoms with E-state index in [4.69, 9.17) is 26.7 Å². The molecule has 2 saturated heterocycles. The van der Waals surface area contributed by atoms with Gasteiger partial charge in [0.1, 0.15) is 11.9 Å². The van der Waals surface area contributed by atoms with Gasteiger partial charge in [-0.05, 0) is 37.5 Å². The van der Waals surface area contributed by atoms with Gasteiger partial charge in [0.05, 0.1) is 31.1 Å². The van der Waals surface area contributed by atoms with E-state index >= 15 is 0 Å². The number of halogens is 1. The number of anilines is 2. The molecule has 2 heterocycles. The van der Waals surface area contributed by atoms with Gasteiger partial charge in [-0.25, -0.2) is 9.18 Å². The molecule has 31 heavy (non-hydrogen) atoms. The molecule has 170 valence electrons. The van der Waals surface area contributed by atoms with Crippen LogP contribution in [0.4, 0.5) is 20.6 Å². The molecular formula is C20H29FN6O4. The molecule has 11 heteroatoms. The smallest absolute Gasteiger partial charge is 0.414 e. The lowest BCUT2D eigenvalue weighted by molar-refractivity contribution is -0.122. The van der Waals surface area contributed by atoms with Crippen molar-refractivity contribution in [1.82, 2.24) is 0 Å². The van der Waals surface area contributed by atoms with Crippen LogP contribution in [0.5, 0.6) is 0 Å². The predicted octanol–water partition coefficient (Wildman–Crippen LogP) is 0.533. The van der Waals surface area contributed by atoms with Gasteiger partial charge in [0.25, 0.3) is 0 Å². The number of hydrogen-bond donors (Lipinski definition) is 3. The van der Waals surface area contributed by atoms with E-state index in [0.717, 1.165) is 0 Å². The third-order valence-corrected chi connectivity index (χ3v) is 5.42. The summed E-state index contributed by atoms with van der Waals surface area (Å²) in [6.07, 6.45) is 0.239. The third-order valence-electron chi connectivity index (χ3n) is 5.42. The Morgan fingerprint density at radius 2 is 2.00 bits per heavy atom. The molecule has 2 fully saturated rings. The minimum atomic E-state index is -0.577. The maximum Gasteiger partial charge on any atom is 0.414 e. The number of amides is 2. The van der Waals surface area contributed by atoms with Gasteiger partial charge in [-0.3, -0.25) is 14.7 Å². The van der Waals surface area contributed by atoms with Crippen molar-refractivity contribution in [1.29, 1.82) is 0 Å². The van der Waals surface area contributed by atoms with Crippen LogP contribution in [0.15, 0.2) is 23.2 Å². The van der Waals surface area contributed by atoms with Gasteiger partial charge in [0, 0.05) is 25.6 Å². The highest BCUT2D eigenvalue weighted by Gasteiger charge is 2.35. The van der Waals surface area contributed by atoms with Crippen LogP contribution >= 0.6 is 0 Å². The molecule has 0 saturated carbocycles. The lowest BCUT2D eigenvalue weighted by Crippen LogP contribution is -2.36. The molecule has 2 atom stereocenters. The summed E-state index contributed by atoms with van der Waals surface area (Å²) in [6, 6.07) is 4.68. The lowest BCUT2D eigenvalue weighted by Gasteiger charge is -2.29. The largest absolute Gasteiger partial charge is 0.444 e. The molecule has 2 aliphatic rings. The first-order chi connectivity index (χ1) is 14.8. The summed E-state index contributed by atoms with van der Waals surface area (Å²) < 4.78 is 25.4. The number of morpholine rings is 1. The fourth-order valence-corrected chi connectivity index (χ4v) is 3.82. The predicted molar refractivity (Wildman–Crippen MR) is 114 cm³/mol. The highest BCUT2D eigenvalue weighted by molar-refractivity contribution is 5.90. The Morgan fingerprint density at radius 3 is 2.65 bits per heavy atom. The van der Waals surface area contributed by atoms with Crippen LogP contribution in [0.1, 0.15) is 19.3 Å². The van der Waals surface area contributed by atoms with Crippen molar-refractivity contribution in [2.24, 2.45) is 28.1 Å². The number of primary amides is 1. The molecular weight excluding hydrogens is 407 g/mol. The maximum absolute atomic E-state index is 14.7. The molecule has 0 radical (unpaired) electrons. The number of benzene rings is 1. The van der Waals surface area contributed by atoms with Crippen molar-refractivity contribution in [3.05, 3.63) is 24.0 Å². The van der Waals surface area contributed by atoms with Gasteiger partial charge in [0.15, 0.2) is 5.96 Å². The number of nitrogens with two attached hydrogens (primary N) is 3. The Bertz CT molecular complexity index is 826. The molecule has 2 aliphatic heterocycles. The molecule has 1 aromatic rings. The van der Waals surface area contributed by atoms with E-state index in [1.165, 1.54) is 11.0 Å². The Labute approximate surface area is 180 Å². The van der Waals surface area contributed by atoms with Crippen molar-refractivity contribution in [2.75, 3.05) is 49.2 Å². The Balaban J connectivity index is 1.60. The number of hydrogen-bond acceptors (Lipinski definition) is 6. The third kappa shape index (κ3) is 5.97. The van der Waals surface area contributed by atoms with E-state index < -0.39 is 29.8 Å². The van der Waals surface area contributed by atoms with E-state index in [1.807, 2.05) is 4.90 Å². The first-order valence-electron chi connectivity index (χ1n) is 10.3. The zero-order chi connectivity index (χ0) is 22.4. The quantitative estimate of drug-likeness (QED) is 0.290. The van der Waals surface area contributed by atoms with E-state index in [2.05, 4.69) is 4.99 Å². The SMILES string of the molecule is NC(=O)C(CCCN=C(N)N)C[C@H]1CN(c2ccc(N3CCOCC3)c(F)c2)C(=O)O1. The number of aliphatic imine (C=N–C) groups is 1. The fraction of sp³-hybridized carbons (Fsp3) is 0.550. The number of nitrogens with zero attached hydrogens (tertiary/aromatic N) is 3. The molecule has 3 rings (SSSR count). The highest BCUT2D eigenvalue weighted by atomic mass is 19.1. The van der Waals surface area contributed by atoms with Crippen LogP contribution < -0.4 is 27.0 Å². The Morgan fingerprint density at radius 1 is 1.26 bits per heavy atom. The average Bonchev–Trinajstić information content (AvgIpc) is 3.10. The van der Waals surface area contributed by atoms with Crippen LogP contribution in [0.25, 0.3) is 0 Å². The summed E-state index contributed by atoms with van der Waals surface area (Å²) in [7, 11) is 0. The molecule has 1 unspecified atom stereocenters. The number of ether oxygens (including phenoxy) is 2. The summed E-state index contributed by atoms with van der Waals surface area (Å²) in [5, 5.41) is 0. The highest BCUT2D eigenvalue weighted by Crippen LogP contribution is 2.30. The summed E-state index contributed by atoms with van der Waals surface area (Å²) in [5.74, 6) is -1.37. The second-order valence-corrected chi connectivity index (χ2v) is 7.64. The van der Waals surface area contributed by atoms with Crippen LogP contribution in [0, 0.1) is 11.7 Å². The number of guanidine groups is 1. The molecule has 6 N–H and O–H groups in total.